The van der Waals surface area contributed by atoms with Crippen molar-refractivity contribution in [1.82, 2.24) is 4.98 Å². The predicted octanol–water partition coefficient (Wildman–Crippen LogP) is 4.56. The summed E-state index contributed by atoms with van der Waals surface area (Å²) in [5, 5.41) is 0. The van der Waals surface area contributed by atoms with Crippen LogP contribution >= 0.6 is 34.7 Å². The molecular formula is C8H3ClF3NS2. The quantitative estimate of drug-likeness (QED) is 0.704. The number of fused-ring (bicyclic) bond motifs is 1. The topological polar surface area (TPSA) is 12.9 Å². The van der Waals surface area contributed by atoms with E-state index in [9.17, 15) is 13.2 Å². The van der Waals surface area contributed by atoms with Crippen LogP contribution in [0.2, 0.25) is 4.47 Å². The Bertz CT molecular complexity index is 494. The third-order valence-electron chi connectivity index (χ3n) is 1.58. The minimum Gasteiger partial charge on any atom is -0.224 e. The molecule has 15 heavy (non-hydrogen) atoms. The molecule has 1 aromatic heterocycles. The third kappa shape index (κ3) is 2.56. The van der Waals surface area contributed by atoms with E-state index in [0.29, 0.717) is 10.2 Å². The van der Waals surface area contributed by atoms with Crippen LogP contribution in [-0.4, -0.2) is 10.5 Å². The molecule has 0 aliphatic heterocycles. The number of aromatic nitrogens is 1. The number of halogens is 4. The fourth-order valence-corrected chi connectivity index (χ4v) is 2.87. The minimum absolute atomic E-state index is 0.0863. The van der Waals surface area contributed by atoms with Crippen molar-refractivity contribution in [2.45, 2.75) is 10.4 Å². The Morgan fingerprint density at radius 2 is 2.07 bits per heavy atom. The number of hydrogen-bond acceptors (Lipinski definition) is 3. The summed E-state index contributed by atoms with van der Waals surface area (Å²) in [5.41, 5.74) is -3.99. The molecule has 0 saturated heterocycles. The van der Waals surface area contributed by atoms with Crippen molar-refractivity contribution < 1.29 is 13.2 Å². The van der Waals surface area contributed by atoms with E-state index in [2.05, 4.69) is 4.98 Å². The molecule has 2 rings (SSSR count). The van der Waals surface area contributed by atoms with Gasteiger partial charge in [-0.1, -0.05) is 17.7 Å². The number of benzene rings is 1. The summed E-state index contributed by atoms with van der Waals surface area (Å²) < 4.78 is 37.5. The Morgan fingerprint density at radius 3 is 2.73 bits per heavy atom. The smallest absolute Gasteiger partial charge is 0.224 e. The van der Waals surface area contributed by atoms with E-state index in [1.54, 1.807) is 12.1 Å². The molecule has 1 heterocycles. The van der Waals surface area contributed by atoms with Crippen molar-refractivity contribution >= 4 is 44.9 Å². The van der Waals surface area contributed by atoms with Gasteiger partial charge in [-0.3, -0.25) is 0 Å². The second-order valence-corrected chi connectivity index (χ2v) is 5.34. The van der Waals surface area contributed by atoms with Gasteiger partial charge in [0.05, 0.1) is 10.2 Å². The van der Waals surface area contributed by atoms with E-state index >= 15 is 0 Å². The first-order valence-electron chi connectivity index (χ1n) is 3.76. The molecule has 0 amide bonds. The lowest BCUT2D eigenvalue weighted by atomic mass is 10.3. The average Bonchev–Trinajstić information content (AvgIpc) is 2.43. The summed E-state index contributed by atoms with van der Waals surface area (Å²) >= 11 is 6.64. The summed E-state index contributed by atoms with van der Waals surface area (Å²) in [6, 6.07) is 4.64. The second kappa shape index (κ2) is 3.84. The van der Waals surface area contributed by atoms with Gasteiger partial charge in [0.25, 0.3) is 0 Å². The van der Waals surface area contributed by atoms with E-state index in [-0.39, 0.29) is 21.1 Å². The Morgan fingerprint density at radius 1 is 1.33 bits per heavy atom. The summed E-state index contributed by atoms with van der Waals surface area (Å²) in [6.07, 6.45) is 0. The number of alkyl halides is 3. The number of thiazole rings is 1. The van der Waals surface area contributed by atoms with Gasteiger partial charge in [0.15, 0.2) is 4.47 Å². The van der Waals surface area contributed by atoms with Gasteiger partial charge in [-0.25, -0.2) is 4.98 Å². The normalized spacial score (nSPS) is 12.3. The van der Waals surface area contributed by atoms with Crippen LogP contribution in [0, 0.1) is 0 Å². The van der Waals surface area contributed by atoms with Gasteiger partial charge in [0.2, 0.25) is 0 Å². The van der Waals surface area contributed by atoms with Gasteiger partial charge in [-0.2, -0.15) is 13.2 Å². The molecule has 1 aromatic carbocycles. The highest BCUT2D eigenvalue weighted by Crippen LogP contribution is 2.41. The zero-order chi connectivity index (χ0) is 11.1. The first-order valence-corrected chi connectivity index (χ1v) is 5.77. The highest BCUT2D eigenvalue weighted by molar-refractivity contribution is 8.00. The first-order chi connectivity index (χ1) is 6.96. The van der Waals surface area contributed by atoms with E-state index < -0.39 is 5.51 Å². The van der Waals surface area contributed by atoms with Crippen molar-refractivity contribution in [2.24, 2.45) is 0 Å². The lowest BCUT2D eigenvalue weighted by Crippen LogP contribution is -1.99. The van der Waals surface area contributed by atoms with Crippen LogP contribution in [0.5, 0.6) is 0 Å². The first kappa shape index (κ1) is 11.0. The fourth-order valence-electron chi connectivity index (χ4n) is 1.10. The number of rotatable bonds is 1. The van der Waals surface area contributed by atoms with Crippen LogP contribution in [-0.2, 0) is 0 Å². The molecule has 80 valence electrons. The summed E-state index contributed by atoms with van der Waals surface area (Å²) in [4.78, 5) is 3.95. The molecule has 0 radical (unpaired) electrons. The van der Waals surface area contributed by atoms with Crippen LogP contribution < -0.4 is 0 Å². The van der Waals surface area contributed by atoms with Crippen LogP contribution in [0.15, 0.2) is 23.1 Å². The maximum atomic E-state index is 12.2. The van der Waals surface area contributed by atoms with E-state index in [1.165, 1.54) is 17.4 Å². The molecule has 0 bridgehead atoms. The summed E-state index contributed by atoms with van der Waals surface area (Å²) in [7, 11) is 0. The molecule has 0 unspecified atom stereocenters. The molecule has 0 N–H and O–H groups in total. The summed E-state index contributed by atoms with van der Waals surface area (Å²) in [6.45, 7) is 0. The van der Waals surface area contributed by atoms with Gasteiger partial charge in [0.1, 0.15) is 0 Å². The fraction of sp³-hybridized carbons (Fsp3) is 0.125. The molecule has 0 saturated carbocycles. The Kier molecular flexibility index (Phi) is 2.83. The largest absolute Gasteiger partial charge is 0.446 e. The molecule has 7 heteroatoms. The van der Waals surface area contributed by atoms with E-state index in [0.717, 1.165) is 0 Å². The third-order valence-corrected chi connectivity index (χ3v) is 3.49. The molecule has 0 fully saturated rings. The maximum absolute atomic E-state index is 12.2. The van der Waals surface area contributed by atoms with E-state index in [1.807, 2.05) is 0 Å². The Labute approximate surface area is 96.3 Å². The molecule has 1 nitrogen and oxygen atoms in total. The molecule has 0 aliphatic carbocycles. The molecule has 2 aromatic rings. The number of para-hydroxylation sites is 1. The monoisotopic (exact) mass is 269 g/mol. The van der Waals surface area contributed by atoms with Gasteiger partial charge >= 0.3 is 5.51 Å². The predicted molar refractivity (Wildman–Crippen MR) is 56.5 cm³/mol. The van der Waals surface area contributed by atoms with Crippen LogP contribution in [0.25, 0.3) is 10.2 Å². The van der Waals surface area contributed by atoms with Crippen LogP contribution in [0.4, 0.5) is 13.2 Å². The van der Waals surface area contributed by atoms with Crippen LogP contribution in [0.1, 0.15) is 0 Å². The zero-order valence-electron chi connectivity index (χ0n) is 7.01. The zero-order valence-corrected chi connectivity index (χ0v) is 9.40. The number of thioether (sulfide) groups is 1. The maximum Gasteiger partial charge on any atom is 0.446 e. The second-order valence-electron chi connectivity index (χ2n) is 2.62. The van der Waals surface area contributed by atoms with Crippen molar-refractivity contribution in [1.29, 1.82) is 0 Å². The SMILES string of the molecule is FC(F)(F)Sc1cccc2sc(Cl)nc12. The summed E-state index contributed by atoms with van der Waals surface area (Å²) in [5.74, 6) is 0. The van der Waals surface area contributed by atoms with Gasteiger partial charge < -0.3 is 0 Å². The molecule has 0 aliphatic rings. The minimum atomic E-state index is -4.30. The highest BCUT2D eigenvalue weighted by Gasteiger charge is 2.30. The van der Waals surface area contributed by atoms with Crippen molar-refractivity contribution in [2.75, 3.05) is 0 Å². The van der Waals surface area contributed by atoms with Crippen LogP contribution in [0.3, 0.4) is 0 Å². The van der Waals surface area contributed by atoms with Gasteiger partial charge in [-0.05, 0) is 23.9 Å². The Hall–Kier alpha value is -0.460. The lowest BCUT2D eigenvalue weighted by Gasteiger charge is -2.05. The van der Waals surface area contributed by atoms with Crippen molar-refractivity contribution in [3.05, 3.63) is 22.7 Å². The average molecular weight is 270 g/mol. The molecular weight excluding hydrogens is 267 g/mol. The molecule has 0 atom stereocenters. The Balaban J connectivity index is 2.51. The van der Waals surface area contributed by atoms with Gasteiger partial charge in [0, 0.05) is 4.90 Å². The van der Waals surface area contributed by atoms with E-state index in [4.69, 9.17) is 11.6 Å². The van der Waals surface area contributed by atoms with Crippen molar-refractivity contribution in [3.63, 3.8) is 0 Å². The number of nitrogens with zero attached hydrogens (tertiary/aromatic N) is 1. The van der Waals surface area contributed by atoms with Crippen molar-refractivity contribution in [3.8, 4) is 0 Å². The number of hydrogen-bond donors (Lipinski definition) is 0. The van der Waals surface area contributed by atoms with Gasteiger partial charge in [-0.15, -0.1) is 11.3 Å². The lowest BCUT2D eigenvalue weighted by molar-refractivity contribution is -0.0327. The standard InChI is InChI=1S/C8H3ClF3NS2/c9-7-13-6-4(14-7)2-1-3-5(6)15-8(10,11)12/h1-3H. The molecule has 0 spiro atoms. The highest BCUT2D eigenvalue weighted by atomic mass is 35.5.